The molecule has 0 unspecified atom stereocenters. The van der Waals surface area contributed by atoms with E-state index < -0.39 is 0 Å². The van der Waals surface area contributed by atoms with Crippen molar-refractivity contribution in [2.24, 2.45) is 0 Å². The van der Waals surface area contributed by atoms with Crippen LogP contribution in [0.4, 0.5) is 0 Å². The van der Waals surface area contributed by atoms with Crippen LogP contribution in [0.25, 0.3) is 0 Å². The highest BCUT2D eigenvalue weighted by Crippen LogP contribution is 2.10. The van der Waals surface area contributed by atoms with Gasteiger partial charge >= 0.3 is 0 Å². The van der Waals surface area contributed by atoms with E-state index in [-0.39, 0.29) is 5.56 Å². The predicted octanol–water partition coefficient (Wildman–Crippen LogP) is 1.90. The zero-order chi connectivity index (χ0) is 8.43. The zero-order valence-electron chi connectivity index (χ0n) is 6.57. The molecule has 0 aromatic carbocycles. The second kappa shape index (κ2) is 3.09. The Labute approximate surface area is 70.2 Å². The summed E-state index contributed by atoms with van der Waals surface area (Å²) in [6.45, 7) is 3.68. The molecule has 0 saturated heterocycles. The molecule has 0 amide bonds. The highest BCUT2D eigenvalue weighted by molar-refractivity contribution is 6.31. The molecule has 0 aliphatic heterocycles. The summed E-state index contributed by atoms with van der Waals surface area (Å²) in [5.74, 6) is 0. The van der Waals surface area contributed by atoms with E-state index in [1.165, 1.54) is 0 Å². The average molecular weight is 172 g/mol. The van der Waals surface area contributed by atoms with Gasteiger partial charge in [0, 0.05) is 11.3 Å². The van der Waals surface area contributed by atoms with Crippen molar-refractivity contribution in [2.75, 3.05) is 0 Å². The summed E-state index contributed by atoms with van der Waals surface area (Å²) in [6, 6.07) is 1.79. The summed E-state index contributed by atoms with van der Waals surface area (Å²) in [5, 5.41) is 0.547. The highest BCUT2D eigenvalue weighted by Gasteiger charge is 2.00. The van der Waals surface area contributed by atoms with Crippen LogP contribution in [0.5, 0.6) is 0 Å². The van der Waals surface area contributed by atoms with Gasteiger partial charge in [-0.25, -0.2) is 0 Å². The lowest BCUT2D eigenvalue weighted by atomic mass is 10.2. The number of rotatable bonds is 1. The average Bonchev–Trinajstić information content (AvgIpc) is 1.99. The molecule has 0 aliphatic carbocycles. The number of pyridine rings is 1. The third kappa shape index (κ3) is 1.63. The van der Waals surface area contributed by atoms with Crippen LogP contribution in [0.1, 0.15) is 18.2 Å². The van der Waals surface area contributed by atoms with E-state index in [1.54, 1.807) is 13.0 Å². The molecule has 1 aromatic heterocycles. The fourth-order valence-electron chi connectivity index (χ4n) is 0.836. The van der Waals surface area contributed by atoms with Crippen molar-refractivity contribution in [2.45, 2.75) is 20.3 Å². The maximum atomic E-state index is 11.1. The van der Waals surface area contributed by atoms with Gasteiger partial charge < -0.3 is 4.98 Å². The maximum Gasteiger partial charge on any atom is 0.252 e. The first-order valence-corrected chi connectivity index (χ1v) is 3.91. The van der Waals surface area contributed by atoms with Crippen LogP contribution in [0.15, 0.2) is 10.9 Å². The standard InChI is InChI=1S/C8H10ClNO/c1-3-6-4-7(9)5(2)8(11)10-6/h4H,3H2,1-2H3,(H,10,11). The van der Waals surface area contributed by atoms with Crippen molar-refractivity contribution in [3.63, 3.8) is 0 Å². The van der Waals surface area contributed by atoms with Gasteiger partial charge in [0.2, 0.25) is 0 Å². The Balaban J connectivity index is 3.32. The van der Waals surface area contributed by atoms with E-state index >= 15 is 0 Å². The molecule has 11 heavy (non-hydrogen) atoms. The molecular weight excluding hydrogens is 162 g/mol. The van der Waals surface area contributed by atoms with Gasteiger partial charge in [-0.3, -0.25) is 4.79 Å². The smallest absolute Gasteiger partial charge is 0.252 e. The van der Waals surface area contributed by atoms with Crippen molar-refractivity contribution in [1.82, 2.24) is 4.98 Å². The van der Waals surface area contributed by atoms with Gasteiger partial charge in [0.1, 0.15) is 0 Å². The minimum absolute atomic E-state index is 0.0886. The van der Waals surface area contributed by atoms with E-state index in [2.05, 4.69) is 4.98 Å². The first-order chi connectivity index (χ1) is 5.15. The van der Waals surface area contributed by atoms with Crippen LogP contribution in [0, 0.1) is 6.92 Å². The number of aromatic nitrogens is 1. The lowest BCUT2D eigenvalue weighted by molar-refractivity contribution is 0.999. The summed E-state index contributed by atoms with van der Waals surface area (Å²) < 4.78 is 0. The minimum Gasteiger partial charge on any atom is -0.326 e. The first kappa shape index (κ1) is 8.34. The molecule has 1 rings (SSSR count). The Bertz CT molecular complexity index is 316. The van der Waals surface area contributed by atoms with Crippen LogP contribution in [-0.2, 0) is 6.42 Å². The molecule has 60 valence electrons. The molecule has 1 N–H and O–H groups in total. The van der Waals surface area contributed by atoms with Gasteiger partial charge in [-0.15, -0.1) is 0 Å². The normalized spacial score (nSPS) is 10.1. The van der Waals surface area contributed by atoms with Crippen LogP contribution in [0.2, 0.25) is 5.02 Å². The molecule has 1 aromatic rings. The molecule has 2 nitrogen and oxygen atoms in total. The maximum absolute atomic E-state index is 11.1. The fourth-order valence-corrected chi connectivity index (χ4v) is 1.05. The molecule has 0 bridgehead atoms. The van der Waals surface area contributed by atoms with Crippen LogP contribution < -0.4 is 5.56 Å². The minimum atomic E-state index is -0.0886. The summed E-state index contributed by atoms with van der Waals surface area (Å²) in [7, 11) is 0. The van der Waals surface area contributed by atoms with E-state index in [1.807, 2.05) is 6.92 Å². The van der Waals surface area contributed by atoms with Crippen molar-refractivity contribution in [3.05, 3.63) is 32.7 Å². The van der Waals surface area contributed by atoms with E-state index in [9.17, 15) is 4.79 Å². The zero-order valence-corrected chi connectivity index (χ0v) is 7.33. The SMILES string of the molecule is CCc1cc(Cl)c(C)c(=O)[nH]1. The number of halogens is 1. The third-order valence-corrected chi connectivity index (χ3v) is 2.05. The second-order valence-electron chi connectivity index (χ2n) is 2.45. The summed E-state index contributed by atoms with van der Waals surface area (Å²) >= 11 is 5.78. The third-order valence-electron chi connectivity index (χ3n) is 1.65. The molecule has 1 heterocycles. The van der Waals surface area contributed by atoms with Crippen molar-refractivity contribution in [3.8, 4) is 0 Å². The van der Waals surface area contributed by atoms with Crippen LogP contribution in [-0.4, -0.2) is 4.98 Å². The number of aromatic amines is 1. The lowest BCUT2D eigenvalue weighted by Crippen LogP contribution is -2.11. The van der Waals surface area contributed by atoms with Crippen molar-refractivity contribution >= 4 is 11.6 Å². The molecular formula is C8H10ClNO. The Hall–Kier alpha value is -0.760. The second-order valence-corrected chi connectivity index (χ2v) is 2.86. The number of hydrogen-bond donors (Lipinski definition) is 1. The number of nitrogens with one attached hydrogen (secondary N) is 1. The molecule has 0 aliphatic rings. The summed E-state index contributed by atoms with van der Waals surface area (Å²) in [5.41, 5.74) is 1.38. The fraction of sp³-hybridized carbons (Fsp3) is 0.375. The van der Waals surface area contributed by atoms with Gasteiger partial charge in [-0.2, -0.15) is 0 Å². The van der Waals surface area contributed by atoms with Crippen LogP contribution in [0.3, 0.4) is 0 Å². The van der Waals surface area contributed by atoms with Gasteiger partial charge in [0.05, 0.1) is 5.02 Å². The monoisotopic (exact) mass is 171 g/mol. The van der Waals surface area contributed by atoms with E-state index in [0.29, 0.717) is 10.6 Å². The van der Waals surface area contributed by atoms with Crippen molar-refractivity contribution < 1.29 is 0 Å². The van der Waals surface area contributed by atoms with Crippen molar-refractivity contribution in [1.29, 1.82) is 0 Å². The molecule has 0 atom stereocenters. The molecule has 0 spiro atoms. The number of aryl methyl sites for hydroxylation is 1. The molecule has 3 heteroatoms. The Morgan fingerprint density at radius 1 is 1.64 bits per heavy atom. The molecule has 0 radical (unpaired) electrons. The quantitative estimate of drug-likeness (QED) is 0.688. The van der Waals surface area contributed by atoms with E-state index in [0.717, 1.165) is 12.1 Å². The molecule has 0 fully saturated rings. The Morgan fingerprint density at radius 2 is 2.27 bits per heavy atom. The van der Waals surface area contributed by atoms with E-state index in [4.69, 9.17) is 11.6 Å². The molecule has 0 saturated carbocycles. The lowest BCUT2D eigenvalue weighted by Gasteiger charge is -1.99. The van der Waals surface area contributed by atoms with Crippen LogP contribution >= 0.6 is 11.6 Å². The highest BCUT2D eigenvalue weighted by atomic mass is 35.5. The summed E-state index contributed by atoms with van der Waals surface area (Å²) in [4.78, 5) is 13.8. The summed E-state index contributed by atoms with van der Waals surface area (Å²) in [6.07, 6.45) is 0.801. The Morgan fingerprint density at radius 3 is 2.73 bits per heavy atom. The topological polar surface area (TPSA) is 32.9 Å². The van der Waals surface area contributed by atoms with Gasteiger partial charge in [-0.1, -0.05) is 18.5 Å². The number of H-pyrrole nitrogens is 1. The van der Waals surface area contributed by atoms with Gasteiger partial charge in [0.15, 0.2) is 0 Å². The largest absolute Gasteiger partial charge is 0.326 e. The van der Waals surface area contributed by atoms with Gasteiger partial charge in [0.25, 0.3) is 5.56 Å². The van der Waals surface area contributed by atoms with Gasteiger partial charge in [-0.05, 0) is 19.4 Å². The first-order valence-electron chi connectivity index (χ1n) is 3.53. The number of hydrogen-bond acceptors (Lipinski definition) is 1. The predicted molar refractivity (Wildman–Crippen MR) is 46.2 cm³/mol. The Kier molecular flexibility index (Phi) is 2.35.